The van der Waals surface area contributed by atoms with Gasteiger partial charge in [0.05, 0.1) is 19.7 Å². The lowest BCUT2D eigenvalue weighted by atomic mass is 10.0. The smallest absolute Gasteiger partial charge is 0.247 e. The number of benzene rings is 4. The van der Waals surface area contributed by atoms with Gasteiger partial charge in [-0.3, -0.25) is 9.59 Å². The van der Waals surface area contributed by atoms with Gasteiger partial charge in [-0.25, -0.2) is 4.68 Å². The minimum atomic E-state index is -1.04. The van der Waals surface area contributed by atoms with Gasteiger partial charge < -0.3 is 19.7 Å². The number of fused-ring (bicyclic) bond motifs is 1. The Balaban J connectivity index is 1.57. The Kier molecular flexibility index (Phi) is 8.54. The standard InChI is InChI=1S/C32H31N5O4/c1-40-28-19-11-16-25(31(28)41-2)30(32(39)33-20-23-12-5-3-6-13-23)36(21-24-14-7-4-8-15-24)29(38)22-37-27-18-10-9-17-26(27)34-35-37/h3-19,30H,20-22H2,1-2H3,(H,33,39)/t30-/m0/s1. The highest BCUT2D eigenvalue weighted by Crippen LogP contribution is 2.38. The normalized spacial score (nSPS) is 11.6. The largest absolute Gasteiger partial charge is 0.493 e. The monoisotopic (exact) mass is 549 g/mol. The molecule has 208 valence electrons. The van der Waals surface area contributed by atoms with Crippen molar-refractivity contribution in [2.45, 2.75) is 25.7 Å². The van der Waals surface area contributed by atoms with Crippen LogP contribution < -0.4 is 14.8 Å². The average molecular weight is 550 g/mol. The quantitative estimate of drug-likeness (QED) is 0.260. The summed E-state index contributed by atoms with van der Waals surface area (Å²) in [5.74, 6) is 0.176. The molecule has 0 aliphatic rings. The number of nitrogens with one attached hydrogen (secondary N) is 1. The molecule has 0 saturated carbocycles. The molecule has 0 saturated heterocycles. The van der Waals surface area contributed by atoms with Gasteiger partial charge in [-0.15, -0.1) is 5.10 Å². The molecule has 0 spiro atoms. The fourth-order valence-corrected chi connectivity index (χ4v) is 4.82. The lowest BCUT2D eigenvalue weighted by molar-refractivity contribution is -0.142. The summed E-state index contributed by atoms with van der Waals surface area (Å²) in [5, 5.41) is 11.4. The highest BCUT2D eigenvalue weighted by atomic mass is 16.5. The third-order valence-corrected chi connectivity index (χ3v) is 6.82. The summed E-state index contributed by atoms with van der Waals surface area (Å²) >= 11 is 0. The van der Waals surface area contributed by atoms with Crippen LogP contribution in [0, 0.1) is 0 Å². The van der Waals surface area contributed by atoms with Gasteiger partial charge in [0.25, 0.3) is 0 Å². The number of hydrogen-bond donors (Lipinski definition) is 1. The Hall–Kier alpha value is -5.18. The van der Waals surface area contributed by atoms with E-state index < -0.39 is 6.04 Å². The first kappa shape index (κ1) is 27.4. The lowest BCUT2D eigenvalue weighted by Gasteiger charge is -2.32. The Morgan fingerprint density at radius 2 is 1.51 bits per heavy atom. The summed E-state index contributed by atoms with van der Waals surface area (Å²) < 4.78 is 12.8. The first-order chi connectivity index (χ1) is 20.1. The van der Waals surface area contributed by atoms with Gasteiger partial charge in [-0.2, -0.15) is 0 Å². The number of rotatable bonds is 11. The fourth-order valence-electron chi connectivity index (χ4n) is 4.82. The van der Waals surface area contributed by atoms with Crippen molar-refractivity contribution in [2.75, 3.05) is 14.2 Å². The molecule has 41 heavy (non-hydrogen) atoms. The van der Waals surface area contributed by atoms with Crippen LogP contribution in [0.2, 0.25) is 0 Å². The topological polar surface area (TPSA) is 98.6 Å². The molecule has 9 nitrogen and oxygen atoms in total. The minimum Gasteiger partial charge on any atom is -0.493 e. The molecule has 5 aromatic rings. The van der Waals surface area contributed by atoms with Gasteiger partial charge >= 0.3 is 0 Å². The average Bonchev–Trinajstić information content (AvgIpc) is 3.43. The van der Waals surface area contributed by atoms with E-state index in [0.717, 1.165) is 16.6 Å². The zero-order valence-corrected chi connectivity index (χ0v) is 22.9. The van der Waals surface area contributed by atoms with Crippen LogP contribution in [-0.4, -0.2) is 45.9 Å². The van der Waals surface area contributed by atoms with E-state index in [1.54, 1.807) is 27.8 Å². The maximum Gasteiger partial charge on any atom is 0.247 e. The van der Waals surface area contributed by atoms with Crippen LogP contribution in [0.15, 0.2) is 103 Å². The predicted molar refractivity (Wildman–Crippen MR) is 155 cm³/mol. The highest BCUT2D eigenvalue weighted by molar-refractivity contribution is 5.90. The van der Waals surface area contributed by atoms with Gasteiger partial charge in [0.2, 0.25) is 11.8 Å². The van der Waals surface area contributed by atoms with Crippen molar-refractivity contribution in [3.63, 3.8) is 0 Å². The van der Waals surface area contributed by atoms with Crippen LogP contribution in [0.3, 0.4) is 0 Å². The number of carbonyl (C=O) groups excluding carboxylic acids is 2. The van der Waals surface area contributed by atoms with Crippen LogP contribution >= 0.6 is 0 Å². The molecule has 1 heterocycles. The summed E-state index contributed by atoms with van der Waals surface area (Å²) in [6, 6.07) is 30.9. The number of ether oxygens (including phenoxy) is 2. The van der Waals surface area contributed by atoms with Crippen LogP contribution in [0.1, 0.15) is 22.7 Å². The molecule has 5 rings (SSSR count). The number of carbonyl (C=O) groups is 2. The Morgan fingerprint density at radius 3 is 2.22 bits per heavy atom. The first-order valence-electron chi connectivity index (χ1n) is 13.2. The number of methoxy groups -OCH3 is 2. The predicted octanol–water partition coefficient (Wildman–Crippen LogP) is 4.54. The SMILES string of the molecule is COc1cccc([C@@H](C(=O)NCc2ccccc2)N(Cc2ccccc2)C(=O)Cn2nnc3ccccc32)c1OC. The first-order valence-corrected chi connectivity index (χ1v) is 13.2. The van der Waals surface area contributed by atoms with Crippen LogP contribution in [0.5, 0.6) is 11.5 Å². The highest BCUT2D eigenvalue weighted by Gasteiger charge is 2.35. The molecule has 0 fully saturated rings. The second kappa shape index (κ2) is 12.8. The third-order valence-electron chi connectivity index (χ3n) is 6.82. The zero-order valence-electron chi connectivity index (χ0n) is 22.9. The molecule has 2 amide bonds. The summed E-state index contributed by atoms with van der Waals surface area (Å²) in [6.07, 6.45) is 0. The van der Waals surface area contributed by atoms with E-state index in [1.807, 2.05) is 84.9 Å². The Bertz CT molecular complexity index is 1620. The minimum absolute atomic E-state index is 0.109. The second-order valence-electron chi connectivity index (χ2n) is 9.43. The van der Waals surface area contributed by atoms with Crippen molar-refractivity contribution in [1.82, 2.24) is 25.2 Å². The molecule has 0 unspecified atom stereocenters. The molecule has 4 aromatic carbocycles. The van der Waals surface area contributed by atoms with E-state index in [4.69, 9.17) is 9.47 Å². The maximum atomic E-state index is 14.2. The van der Waals surface area contributed by atoms with Crippen LogP contribution in [0.25, 0.3) is 11.0 Å². The van der Waals surface area contributed by atoms with E-state index in [9.17, 15) is 9.59 Å². The molecule has 0 radical (unpaired) electrons. The van der Waals surface area contributed by atoms with Crippen molar-refractivity contribution in [3.8, 4) is 11.5 Å². The van der Waals surface area contributed by atoms with Gasteiger partial charge in [0, 0.05) is 18.7 Å². The van der Waals surface area contributed by atoms with Crippen molar-refractivity contribution in [1.29, 1.82) is 0 Å². The Morgan fingerprint density at radius 1 is 0.829 bits per heavy atom. The van der Waals surface area contributed by atoms with E-state index in [0.29, 0.717) is 29.1 Å². The van der Waals surface area contributed by atoms with Crippen molar-refractivity contribution < 1.29 is 19.1 Å². The number of para-hydroxylation sites is 2. The van der Waals surface area contributed by atoms with Crippen LogP contribution in [-0.2, 0) is 29.2 Å². The summed E-state index contributed by atoms with van der Waals surface area (Å²) in [6.45, 7) is 0.363. The van der Waals surface area contributed by atoms with Gasteiger partial charge in [-0.1, -0.05) is 90.1 Å². The van der Waals surface area contributed by atoms with E-state index in [1.165, 1.54) is 14.2 Å². The van der Waals surface area contributed by atoms with Gasteiger partial charge in [-0.05, 0) is 29.3 Å². The van der Waals surface area contributed by atoms with E-state index in [-0.39, 0.29) is 24.9 Å². The van der Waals surface area contributed by atoms with Crippen LogP contribution in [0.4, 0.5) is 0 Å². The molecule has 9 heteroatoms. The molecule has 1 N–H and O–H groups in total. The molecule has 0 bridgehead atoms. The molecular weight excluding hydrogens is 518 g/mol. The maximum absolute atomic E-state index is 14.2. The number of hydrogen-bond acceptors (Lipinski definition) is 6. The molecular formula is C32H31N5O4. The van der Waals surface area contributed by atoms with Gasteiger partial charge in [0.15, 0.2) is 11.5 Å². The summed E-state index contributed by atoms with van der Waals surface area (Å²) in [4.78, 5) is 29.8. The Labute approximate surface area is 238 Å². The van der Waals surface area contributed by atoms with Crippen molar-refractivity contribution in [2.24, 2.45) is 0 Å². The number of nitrogens with zero attached hydrogens (tertiary/aromatic N) is 4. The van der Waals surface area contributed by atoms with E-state index >= 15 is 0 Å². The fraction of sp³-hybridized carbons (Fsp3) is 0.188. The summed E-state index contributed by atoms with van der Waals surface area (Å²) in [7, 11) is 3.06. The second-order valence-corrected chi connectivity index (χ2v) is 9.43. The molecule has 1 aromatic heterocycles. The number of amides is 2. The lowest BCUT2D eigenvalue weighted by Crippen LogP contribution is -2.44. The number of aromatic nitrogens is 3. The zero-order chi connectivity index (χ0) is 28.6. The third kappa shape index (κ3) is 6.19. The summed E-state index contributed by atoms with van der Waals surface area (Å²) in [5.41, 5.74) is 3.72. The molecule has 1 atom stereocenters. The van der Waals surface area contributed by atoms with Gasteiger partial charge in [0.1, 0.15) is 18.1 Å². The van der Waals surface area contributed by atoms with Crippen molar-refractivity contribution in [3.05, 3.63) is 120 Å². The molecule has 0 aliphatic carbocycles. The van der Waals surface area contributed by atoms with Crippen molar-refractivity contribution >= 4 is 22.8 Å². The molecule has 0 aliphatic heterocycles. The van der Waals surface area contributed by atoms with E-state index in [2.05, 4.69) is 15.6 Å².